The van der Waals surface area contributed by atoms with Gasteiger partial charge in [-0.1, -0.05) is 24.6 Å². The lowest BCUT2D eigenvalue weighted by Gasteiger charge is -2.42. The van der Waals surface area contributed by atoms with Gasteiger partial charge in [-0.15, -0.1) is 0 Å². The summed E-state index contributed by atoms with van der Waals surface area (Å²) in [5.74, 6) is 0.544. The van der Waals surface area contributed by atoms with E-state index in [0.717, 1.165) is 47.4 Å². The summed E-state index contributed by atoms with van der Waals surface area (Å²) in [5.41, 5.74) is 3.90. The Labute approximate surface area is 173 Å². The first-order valence-corrected chi connectivity index (χ1v) is 11.3. The number of carbonyl (C=O) groups is 1. The average molecular weight is 420 g/mol. The Hall–Kier alpha value is -2.29. The third-order valence-electron chi connectivity index (χ3n) is 5.21. The third kappa shape index (κ3) is 4.66. The minimum absolute atomic E-state index is 0.298. The van der Waals surface area contributed by atoms with Crippen molar-refractivity contribution in [1.29, 1.82) is 0 Å². The van der Waals surface area contributed by atoms with Crippen LogP contribution in [0.1, 0.15) is 45.6 Å². The van der Waals surface area contributed by atoms with Crippen LogP contribution >= 0.6 is 10.6 Å². The number of nitrogens with zero attached hydrogens (tertiary/aromatic N) is 1. The minimum Gasteiger partial charge on any atom is -0.497 e. The molecule has 29 heavy (non-hydrogen) atoms. The molecule has 0 radical (unpaired) electrons. The van der Waals surface area contributed by atoms with E-state index in [2.05, 4.69) is 22.5 Å². The smallest absolute Gasteiger partial charge is 0.251 e. The quantitative estimate of drug-likeness (QED) is 0.556. The zero-order valence-electron chi connectivity index (χ0n) is 17.3. The average Bonchev–Trinajstić information content (AvgIpc) is 3.51. The second-order valence-corrected chi connectivity index (χ2v) is 10.1. The molecule has 2 aliphatic rings. The molecule has 0 bridgehead atoms. The normalized spacial score (nSPS) is 17.3. The molecule has 158 valence electrons. The summed E-state index contributed by atoms with van der Waals surface area (Å²) >= 11 is 0. The summed E-state index contributed by atoms with van der Waals surface area (Å²) in [5, 5.41) is 7.40. The van der Waals surface area contributed by atoms with Crippen LogP contribution in [0, 0.1) is 0 Å². The molecule has 0 spiro atoms. The molecule has 1 saturated carbocycles. The van der Waals surface area contributed by atoms with Crippen molar-refractivity contribution in [3.8, 4) is 5.75 Å². The summed E-state index contributed by atoms with van der Waals surface area (Å²) in [6.45, 7) is 5.58. The van der Waals surface area contributed by atoms with Crippen molar-refractivity contribution in [2.24, 2.45) is 4.99 Å². The van der Waals surface area contributed by atoms with Crippen LogP contribution in [0.3, 0.4) is 0 Å². The number of allylic oxidation sites excluding steroid dienone is 1. The number of rotatable bonds is 6. The maximum Gasteiger partial charge on any atom is 0.251 e. The molecule has 4 N–H and O–H groups in total. The number of ether oxygens (including phenoxy) is 1. The zero-order chi connectivity index (χ0) is 21.2. The highest BCUT2D eigenvalue weighted by Crippen LogP contribution is 2.56. The van der Waals surface area contributed by atoms with Crippen molar-refractivity contribution in [1.82, 2.24) is 10.6 Å². The molecule has 8 heteroatoms. The van der Waals surface area contributed by atoms with Gasteiger partial charge in [-0.05, 0) is 50.8 Å². The molecule has 1 heterocycles. The van der Waals surface area contributed by atoms with Gasteiger partial charge < -0.3 is 10.1 Å². The van der Waals surface area contributed by atoms with Crippen LogP contribution in [0.5, 0.6) is 5.75 Å². The van der Waals surface area contributed by atoms with Gasteiger partial charge in [0.05, 0.1) is 13.7 Å². The van der Waals surface area contributed by atoms with E-state index in [1.54, 1.807) is 7.11 Å². The van der Waals surface area contributed by atoms with Crippen molar-refractivity contribution in [3.05, 3.63) is 46.4 Å². The van der Waals surface area contributed by atoms with Gasteiger partial charge in [-0.2, -0.15) is 10.6 Å². The van der Waals surface area contributed by atoms with Crippen LogP contribution in [0.25, 0.3) is 5.70 Å². The van der Waals surface area contributed by atoms with Gasteiger partial charge in [-0.3, -0.25) is 19.2 Å². The molecule has 0 unspecified atom stereocenters. The second-order valence-electron chi connectivity index (χ2n) is 7.69. The number of hydrogen-bond donors (Lipinski definition) is 4. The summed E-state index contributed by atoms with van der Waals surface area (Å²) in [6, 6.07) is 7.67. The van der Waals surface area contributed by atoms with Gasteiger partial charge >= 0.3 is 0 Å². The fraction of sp³-hybridized carbons (Fsp3) is 0.429. The van der Waals surface area contributed by atoms with Gasteiger partial charge in [0.1, 0.15) is 10.5 Å². The van der Waals surface area contributed by atoms with E-state index in [9.17, 15) is 13.9 Å². The number of guanidine groups is 1. The van der Waals surface area contributed by atoms with Crippen molar-refractivity contribution < 1.29 is 18.6 Å². The molecule has 7 nitrogen and oxygen atoms in total. The Balaban J connectivity index is 1.78. The summed E-state index contributed by atoms with van der Waals surface area (Å²) in [7, 11) is -1.60. The highest BCUT2D eigenvalue weighted by molar-refractivity contribution is 8.28. The Bertz CT molecular complexity index is 897. The number of methoxy groups -OCH3 is 1. The van der Waals surface area contributed by atoms with Crippen LogP contribution in [0.4, 0.5) is 0 Å². The number of carbonyl (C=O) groups excluding carboxylic acids is 1. The molecular formula is C21H29N3O4S. The highest BCUT2D eigenvalue weighted by atomic mass is 32.3. The van der Waals surface area contributed by atoms with E-state index < -0.39 is 21.2 Å². The highest BCUT2D eigenvalue weighted by Gasteiger charge is 2.42. The predicted molar refractivity (Wildman–Crippen MR) is 118 cm³/mol. The first kappa shape index (κ1) is 21.4. The van der Waals surface area contributed by atoms with Gasteiger partial charge in [0.2, 0.25) is 5.96 Å². The lowest BCUT2D eigenvalue weighted by Crippen LogP contribution is -2.51. The van der Waals surface area contributed by atoms with E-state index in [4.69, 9.17) is 4.74 Å². The molecule has 1 aromatic rings. The SMILES string of the molecule is CCC1=C(c2cccc(OC)c2)NC(NC(=O)C(C)(C)S(O)(O)C=C2CC2)=NC1. The molecule has 1 aromatic carbocycles. The standard InChI is InChI=1S/C21H29N3O4S/c1-5-15-12-22-20(23-18(15)16-7-6-8-17(11-16)28-4)24-19(25)21(2,3)29(26,27)13-14-9-10-14/h6-8,11,13,26-27H,5,9-10,12H2,1-4H3,(H2,22,23,24,25). The van der Waals surface area contributed by atoms with E-state index in [1.807, 2.05) is 24.3 Å². The number of benzene rings is 1. The maximum atomic E-state index is 12.9. The lowest BCUT2D eigenvalue weighted by molar-refractivity contribution is -0.121. The molecule has 0 aromatic heterocycles. The fourth-order valence-corrected chi connectivity index (χ4v) is 4.20. The Morgan fingerprint density at radius 1 is 1.38 bits per heavy atom. The molecule has 1 fully saturated rings. The van der Waals surface area contributed by atoms with Crippen molar-refractivity contribution >= 4 is 28.2 Å². The maximum absolute atomic E-state index is 12.9. The Morgan fingerprint density at radius 2 is 2.10 bits per heavy atom. The Morgan fingerprint density at radius 3 is 2.72 bits per heavy atom. The second kappa shape index (κ2) is 8.22. The van der Waals surface area contributed by atoms with E-state index in [1.165, 1.54) is 19.3 Å². The zero-order valence-corrected chi connectivity index (χ0v) is 18.1. The van der Waals surface area contributed by atoms with Crippen molar-refractivity contribution in [2.75, 3.05) is 13.7 Å². The third-order valence-corrected chi connectivity index (χ3v) is 7.56. The van der Waals surface area contributed by atoms with Gasteiger partial charge in [0, 0.05) is 16.7 Å². The van der Waals surface area contributed by atoms with Crippen molar-refractivity contribution in [3.63, 3.8) is 0 Å². The predicted octanol–water partition coefficient (Wildman–Crippen LogP) is 4.10. The Kier molecular flexibility index (Phi) is 6.07. The summed E-state index contributed by atoms with van der Waals surface area (Å²) in [4.78, 5) is 17.3. The summed E-state index contributed by atoms with van der Waals surface area (Å²) in [6.07, 6.45) is 2.52. The topological polar surface area (TPSA) is 103 Å². The van der Waals surface area contributed by atoms with Crippen LogP contribution in [0.2, 0.25) is 0 Å². The van der Waals surface area contributed by atoms with Crippen LogP contribution in [-0.2, 0) is 4.79 Å². The number of nitrogens with one attached hydrogen (secondary N) is 2. The molecule has 3 rings (SSSR count). The van der Waals surface area contributed by atoms with Crippen LogP contribution in [0.15, 0.2) is 45.8 Å². The largest absolute Gasteiger partial charge is 0.497 e. The number of aliphatic imine (C=N–C) groups is 1. The van der Waals surface area contributed by atoms with E-state index in [0.29, 0.717) is 12.5 Å². The lowest BCUT2D eigenvalue weighted by atomic mass is 10.0. The number of amides is 1. The van der Waals surface area contributed by atoms with Crippen LogP contribution < -0.4 is 15.4 Å². The first-order chi connectivity index (χ1) is 13.7. The fourth-order valence-electron chi connectivity index (χ4n) is 2.88. The monoisotopic (exact) mass is 419 g/mol. The molecular weight excluding hydrogens is 390 g/mol. The van der Waals surface area contributed by atoms with E-state index >= 15 is 0 Å². The van der Waals surface area contributed by atoms with Crippen molar-refractivity contribution in [2.45, 2.75) is 44.8 Å². The van der Waals surface area contributed by atoms with Gasteiger partial charge in [0.15, 0.2) is 0 Å². The van der Waals surface area contributed by atoms with E-state index in [-0.39, 0.29) is 0 Å². The number of hydrogen-bond acceptors (Lipinski definition) is 6. The first-order valence-electron chi connectivity index (χ1n) is 9.64. The van der Waals surface area contributed by atoms with Gasteiger partial charge in [0.25, 0.3) is 5.91 Å². The molecule has 1 aliphatic carbocycles. The van der Waals surface area contributed by atoms with Gasteiger partial charge in [-0.25, -0.2) is 4.99 Å². The minimum atomic E-state index is -3.22. The molecule has 1 amide bonds. The van der Waals surface area contributed by atoms with Crippen LogP contribution in [-0.4, -0.2) is 39.4 Å². The summed E-state index contributed by atoms with van der Waals surface area (Å²) < 4.78 is 25.0. The molecule has 0 atom stereocenters. The molecule has 0 saturated heterocycles. The molecule has 1 aliphatic heterocycles.